The van der Waals surface area contributed by atoms with E-state index in [4.69, 9.17) is 32.7 Å². The van der Waals surface area contributed by atoms with Crippen molar-refractivity contribution in [2.75, 3.05) is 13.2 Å². The molecule has 8 heteroatoms. The van der Waals surface area contributed by atoms with Crippen LogP contribution in [-0.2, 0) is 20.7 Å². The molecule has 0 fully saturated rings. The van der Waals surface area contributed by atoms with Crippen molar-refractivity contribution in [3.63, 3.8) is 0 Å². The van der Waals surface area contributed by atoms with Gasteiger partial charge in [-0.25, -0.2) is 14.2 Å². The van der Waals surface area contributed by atoms with Crippen LogP contribution in [0.5, 0.6) is 0 Å². The highest BCUT2D eigenvalue weighted by atomic mass is 35.5. The Balaban J connectivity index is 3.45. The number of aromatic nitrogens is 1. The second kappa shape index (κ2) is 8.84. The molecule has 0 saturated carbocycles. The van der Waals surface area contributed by atoms with Crippen LogP contribution < -0.4 is 0 Å². The lowest BCUT2D eigenvalue weighted by Gasteiger charge is -2.12. The summed E-state index contributed by atoms with van der Waals surface area (Å²) in [6.07, 6.45) is 1.11. The van der Waals surface area contributed by atoms with Gasteiger partial charge in [0, 0.05) is 5.56 Å². The van der Waals surface area contributed by atoms with E-state index in [1.165, 1.54) is 0 Å². The molecule has 1 aromatic heterocycles. The topological polar surface area (TPSA) is 65.5 Å². The molecule has 0 aliphatic rings. The first-order chi connectivity index (χ1) is 10.9. The fourth-order valence-electron chi connectivity index (χ4n) is 1.82. The molecule has 0 radical (unpaired) electrons. The van der Waals surface area contributed by atoms with Gasteiger partial charge < -0.3 is 9.47 Å². The number of ketones is 1. The number of hydrogen-bond acceptors (Lipinski definition) is 5. The van der Waals surface area contributed by atoms with Crippen LogP contribution in [0.2, 0.25) is 10.3 Å². The highest BCUT2D eigenvalue weighted by Gasteiger charge is 2.29. The van der Waals surface area contributed by atoms with Gasteiger partial charge in [-0.2, -0.15) is 0 Å². The minimum atomic E-state index is -0.889. The monoisotopic (exact) mass is 363 g/mol. The molecule has 0 N–H and O–H groups in total. The van der Waals surface area contributed by atoms with E-state index in [9.17, 15) is 14.0 Å². The normalized spacial score (nSPS) is 11.3. The fourth-order valence-corrected chi connectivity index (χ4v) is 2.34. The van der Waals surface area contributed by atoms with Crippen molar-refractivity contribution >= 4 is 35.0 Å². The van der Waals surface area contributed by atoms with Crippen LogP contribution in [0.25, 0.3) is 0 Å². The van der Waals surface area contributed by atoms with Crippen LogP contribution in [-0.4, -0.2) is 30.0 Å². The summed E-state index contributed by atoms with van der Waals surface area (Å²) >= 11 is 11.6. The molecule has 0 aliphatic heterocycles. The Morgan fingerprint density at radius 3 is 2.35 bits per heavy atom. The van der Waals surface area contributed by atoms with Gasteiger partial charge in [-0.05, 0) is 20.3 Å². The van der Waals surface area contributed by atoms with Crippen LogP contribution in [0, 0.1) is 5.82 Å². The summed E-state index contributed by atoms with van der Waals surface area (Å²) in [5.41, 5.74) is -0.643. The van der Waals surface area contributed by atoms with E-state index in [1.54, 1.807) is 20.8 Å². The fraction of sp³-hybridized carbons (Fsp3) is 0.400. The molecule has 23 heavy (non-hydrogen) atoms. The maximum atomic E-state index is 14.1. The van der Waals surface area contributed by atoms with Crippen molar-refractivity contribution in [1.29, 1.82) is 0 Å². The molecule has 126 valence electrons. The smallest absolute Gasteiger partial charge is 0.345 e. The number of carbonyl (C=O) groups is 2. The van der Waals surface area contributed by atoms with Crippen LogP contribution in [0.1, 0.15) is 36.7 Å². The summed E-state index contributed by atoms with van der Waals surface area (Å²) in [7, 11) is 0. The molecule has 1 heterocycles. The second-order valence-corrected chi connectivity index (χ2v) is 4.97. The Kier molecular flexibility index (Phi) is 7.45. The highest BCUT2D eigenvalue weighted by Crippen LogP contribution is 2.28. The predicted molar refractivity (Wildman–Crippen MR) is 84.3 cm³/mol. The molecule has 0 amide bonds. The maximum Gasteiger partial charge on any atom is 0.345 e. The number of hydrogen-bond donors (Lipinski definition) is 0. The first-order valence-corrected chi connectivity index (χ1v) is 7.71. The molecule has 0 unspecified atom stereocenters. The van der Waals surface area contributed by atoms with E-state index in [-0.39, 0.29) is 35.9 Å². The van der Waals surface area contributed by atoms with Gasteiger partial charge in [0.15, 0.2) is 11.0 Å². The van der Waals surface area contributed by atoms with Crippen LogP contribution >= 0.6 is 23.2 Å². The molecule has 0 atom stereocenters. The van der Waals surface area contributed by atoms with Crippen molar-refractivity contribution in [2.45, 2.75) is 27.2 Å². The van der Waals surface area contributed by atoms with Gasteiger partial charge in [-0.1, -0.05) is 30.1 Å². The molecule has 1 aromatic rings. The maximum absolute atomic E-state index is 14.1. The third-order valence-corrected chi connectivity index (χ3v) is 3.36. The molecule has 0 saturated heterocycles. The van der Waals surface area contributed by atoms with E-state index in [2.05, 4.69) is 4.98 Å². The number of Topliss-reactive ketones (excluding diaryl/α,β-unsaturated/α-hetero) is 1. The number of carbonyl (C=O) groups excluding carboxylic acids is 2. The van der Waals surface area contributed by atoms with Gasteiger partial charge in [0.1, 0.15) is 17.0 Å². The molecule has 0 spiro atoms. The first kappa shape index (κ1) is 19.4. The minimum Gasteiger partial charge on any atom is -0.500 e. The zero-order chi connectivity index (χ0) is 17.6. The zero-order valence-electron chi connectivity index (χ0n) is 12.9. The number of halogens is 3. The third kappa shape index (κ3) is 4.42. The van der Waals surface area contributed by atoms with Gasteiger partial charge in [-0.3, -0.25) is 4.79 Å². The summed E-state index contributed by atoms with van der Waals surface area (Å²) in [4.78, 5) is 28.2. The van der Waals surface area contributed by atoms with Gasteiger partial charge in [0.2, 0.25) is 5.78 Å². The number of esters is 1. The SMILES string of the molecule is CCO/C=C(\C(=O)OCC)C(=O)c1c(Cl)nc(Cl)c(F)c1CC. The number of rotatable bonds is 7. The van der Waals surface area contributed by atoms with Gasteiger partial charge in [0.05, 0.1) is 18.8 Å². The van der Waals surface area contributed by atoms with Crippen molar-refractivity contribution in [3.8, 4) is 0 Å². The average molecular weight is 364 g/mol. The Bertz CT molecular complexity index is 647. The molecule has 0 aromatic carbocycles. The Labute approximate surface area is 143 Å². The zero-order valence-corrected chi connectivity index (χ0v) is 14.4. The third-order valence-electron chi connectivity index (χ3n) is 2.84. The first-order valence-electron chi connectivity index (χ1n) is 6.95. The lowest BCUT2D eigenvalue weighted by Crippen LogP contribution is -2.19. The standard InChI is InChI=1S/C15H16Cl2FNO4/c1-4-8-10(13(16)19-14(17)11(8)18)12(20)9(7-22-5-2)15(21)23-6-3/h7H,4-6H2,1-3H3/b9-7-. The van der Waals surface area contributed by atoms with Gasteiger partial charge in [0.25, 0.3) is 0 Å². The average Bonchev–Trinajstić information content (AvgIpc) is 2.50. The van der Waals surface area contributed by atoms with Crippen molar-refractivity contribution in [2.24, 2.45) is 0 Å². The number of ether oxygens (including phenoxy) is 2. The van der Waals surface area contributed by atoms with Gasteiger partial charge >= 0.3 is 5.97 Å². The molecule has 0 aliphatic carbocycles. The van der Waals surface area contributed by atoms with E-state index in [0.717, 1.165) is 6.26 Å². The van der Waals surface area contributed by atoms with E-state index >= 15 is 0 Å². The Morgan fingerprint density at radius 2 is 1.83 bits per heavy atom. The van der Waals surface area contributed by atoms with Gasteiger partial charge in [-0.15, -0.1) is 0 Å². The lowest BCUT2D eigenvalue weighted by atomic mass is 9.99. The summed E-state index contributed by atoms with van der Waals surface area (Å²) in [6.45, 7) is 5.19. The molecule has 5 nitrogen and oxygen atoms in total. The van der Waals surface area contributed by atoms with Crippen molar-refractivity contribution in [3.05, 3.63) is 39.1 Å². The second-order valence-electron chi connectivity index (χ2n) is 4.25. The molecular weight excluding hydrogens is 348 g/mol. The summed E-state index contributed by atoms with van der Waals surface area (Å²) in [6, 6.07) is 0. The van der Waals surface area contributed by atoms with Crippen LogP contribution in [0.3, 0.4) is 0 Å². The van der Waals surface area contributed by atoms with Crippen LogP contribution in [0.4, 0.5) is 4.39 Å². The number of nitrogens with zero attached hydrogens (tertiary/aromatic N) is 1. The molecular formula is C15H16Cl2FNO4. The highest BCUT2D eigenvalue weighted by molar-refractivity contribution is 6.37. The van der Waals surface area contributed by atoms with E-state index < -0.39 is 28.3 Å². The molecule has 0 bridgehead atoms. The molecule has 1 rings (SSSR count). The summed E-state index contributed by atoms with van der Waals surface area (Å²) < 4.78 is 23.9. The van der Waals surface area contributed by atoms with Crippen molar-refractivity contribution in [1.82, 2.24) is 4.98 Å². The number of pyridine rings is 1. The van der Waals surface area contributed by atoms with Crippen molar-refractivity contribution < 1.29 is 23.5 Å². The van der Waals surface area contributed by atoms with E-state index in [1.807, 2.05) is 0 Å². The summed E-state index contributed by atoms with van der Waals surface area (Å²) in [5, 5.41) is -0.722. The summed E-state index contributed by atoms with van der Waals surface area (Å²) in [5.74, 6) is -2.57. The Hall–Kier alpha value is -1.66. The Morgan fingerprint density at radius 1 is 1.17 bits per heavy atom. The lowest BCUT2D eigenvalue weighted by molar-refractivity contribution is -0.138. The van der Waals surface area contributed by atoms with Crippen LogP contribution in [0.15, 0.2) is 11.8 Å². The largest absolute Gasteiger partial charge is 0.500 e. The van der Waals surface area contributed by atoms with E-state index in [0.29, 0.717) is 0 Å². The minimum absolute atomic E-state index is 0.0216. The predicted octanol–water partition coefficient (Wildman–Crippen LogP) is 3.76. The quantitative estimate of drug-likeness (QED) is 0.140.